The highest BCUT2D eigenvalue weighted by molar-refractivity contribution is 5.26. The summed E-state index contributed by atoms with van der Waals surface area (Å²) >= 11 is 0. The lowest BCUT2D eigenvalue weighted by molar-refractivity contribution is 0.367. The molecule has 0 N–H and O–H groups in total. The Morgan fingerprint density at radius 3 is 2.69 bits per heavy atom. The largest absolute Gasteiger partial charge is 0.302 e. The van der Waals surface area contributed by atoms with Gasteiger partial charge in [-0.3, -0.25) is 0 Å². The molecule has 0 aromatic carbocycles. The Morgan fingerprint density at radius 1 is 1.38 bits per heavy atom. The predicted octanol–water partition coefficient (Wildman–Crippen LogP) is 2.85. The molecule has 0 saturated heterocycles. The molecule has 1 heterocycles. The van der Waals surface area contributed by atoms with Gasteiger partial charge in [-0.15, -0.1) is 0 Å². The molecule has 74 valence electrons. The van der Waals surface area contributed by atoms with Crippen LogP contribution in [-0.2, 0) is 0 Å². The van der Waals surface area contributed by atoms with Crippen LogP contribution in [0.3, 0.4) is 0 Å². The molecule has 1 heteroatoms. The standard InChI is InChI=1S/C12H21N/c1-10(2)12-6-5-7-13(4)9-11(3)8-12/h6,8,10H,5,7,9H2,1-4H3/b11-8+,12-6+. The molecule has 0 saturated carbocycles. The Morgan fingerprint density at radius 2 is 2.08 bits per heavy atom. The van der Waals surface area contributed by atoms with E-state index in [0.29, 0.717) is 5.92 Å². The normalized spacial score (nSPS) is 28.7. The molecule has 0 aromatic rings. The van der Waals surface area contributed by atoms with Crippen LogP contribution in [0.25, 0.3) is 0 Å². The predicted molar refractivity (Wildman–Crippen MR) is 58.8 cm³/mol. The van der Waals surface area contributed by atoms with Gasteiger partial charge in [-0.2, -0.15) is 0 Å². The zero-order valence-electron chi connectivity index (χ0n) is 9.30. The van der Waals surface area contributed by atoms with E-state index in [1.165, 1.54) is 24.1 Å². The van der Waals surface area contributed by atoms with E-state index in [9.17, 15) is 0 Å². The fourth-order valence-electron chi connectivity index (χ4n) is 1.75. The first-order chi connectivity index (χ1) is 6.09. The zero-order chi connectivity index (χ0) is 9.84. The lowest BCUT2D eigenvalue weighted by atomic mass is 9.98. The summed E-state index contributed by atoms with van der Waals surface area (Å²) in [6.07, 6.45) is 5.91. The van der Waals surface area contributed by atoms with Gasteiger partial charge in [-0.05, 0) is 31.9 Å². The summed E-state index contributed by atoms with van der Waals surface area (Å²) in [5.74, 6) is 0.665. The van der Waals surface area contributed by atoms with Gasteiger partial charge >= 0.3 is 0 Å². The quantitative estimate of drug-likeness (QED) is 0.598. The van der Waals surface area contributed by atoms with Gasteiger partial charge in [0.25, 0.3) is 0 Å². The van der Waals surface area contributed by atoms with Crippen molar-refractivity contribution in [2.24, 2.45) is 5.92 Å². The van der Waals surface area contributed by atoms with Gasteiger partial charge in [-0.1, -0.05) is 31.6 Å². The number of hydrogen-bond acceptors (Lipinski definition) is 1. The first kappa shape index (κ1) is 10.5. The summed E-state index contributed by atoms with van der Waals surface area (Å²) in [6, 6.07) is 0. The second-order valence-corrected chi connectivity index (χ2v) is 4.38. The third kappa shape index (κ3) is 3.35. The molecule has 0 aromatic heterocycles. The Kier molecular flexibility index (Phi) is 3.73. The lowest BCUT2D eigenvalue weighted by Crippen LogP contribution is -2.22. The van der Waals surface area contributed by atoms with Crippen molar-refractivity contribution in [3.05, 3.63) is 23.3 Å². The van der Waals surface area contributed by atoms with Gasteiger partial charge in [0.15, 0.2) is 0 Å². The SMILES string of the molecule is C/C1=C\C(C(C)C)=C/CCN(C)C1. The first-order valence-corrected chi connectivity index (χ1v) is 5.15. The number of likely N-dealkylation sites (N-methyl/N-ethyl adjacent to an activating group) is 1. The van der Waals surface area contributed by atoms with E-state index in [-0.39, 0.29) is 0 Å². The van der Waals surface area contributed by atoms with Crippen LogP contribution in [0.5, 0.6) is 0 Å². The fourth-order valence-corrected chi connectivity index (χ4v) is 1.75. The maximum absolute atomic E-state index is 2.38. The molecule has 1 aliphatic heterocycles. The molecule has 0 radical (unpaired) electrons. The molecular weight excluding hydrogens is 158 g/mol. The molecule has 1 rings (SSSR count). The van der Waals surface area contributed by atoms with E-state index < -0.39 is 0 Å². The highest BCUT2D eigenvalue weighted by Gasteiger charge is 2.06. The van der Waals surface area contributed by atoms with Gasteiger partial charge in [0, 0.05) is 13.1 Å². The number of nitrogens with zero attached hydrogens (tertiary/aromatic N) is 1. The summed E-state index contributed by atoms with van der Waals surface area (Å²) < 4.78 is 0. The van der Waals surface area contributed by atoms with Crippen molar-refractivity contribution in [3.63, 3.8) is 0 Å². The average molecular weight is 179 g/mol. The van der Waals surface area contributed by atoms with Crippen LogP contribution in [0.4, 0.5) is 0 Å². The van der Waals surface area contributed by atoms with Crippen molar-refractivity contribution in [1.82, 2.24) is 4.90 Å². The van der Waals surface area contributed by atoms with Crippen molar-refractivity contribution in [2.75, 3.05) is 20.1 Å². The monoisotopic (exact) mass is 179 g/mol. The summed E-state index contributed by atoms with van der Waals surface area (Å²) in [7, 11) is 2.19. The Bertz CT molecular complexity index is 223. The molecule has 0 bridgehead atoms. The second kappa shape index (κ2) is 4.61. The topological polar surface area (TPSA) is 3.24 Å². The number of hydrogen-bond donors (Lipinski definition) is 0. The van der Waals surface area contributed by atoms with E-state index in [0.717, 1.165) is 6.54 Å². The molecule has 13 heavy (non-hydrogen) atoms. The first-order valence-electron chi connectivity index (χ1n) is 5.15. The fraction of sp³-hybridized carbons (Fsp3) is 0.667. The van der Waals surface area contributed by atoms with Gasteiger partial charge in [0.2, 0.25) is 0 Å². The molecule has 0 amide bonds. The number of allylic oxidation sites excluding steroid dienone is 2. The minimum Gasteiger partial charge on any atom is -0.302 e. The Balaban J connectivity index is 2.76. The van der Waals surface area contributed by atoms with Gasteiger partial charge in [-0.25, -0.2) is 0 Å². The highest BCUT2D eigenvalue weighted by Crippen LogP contribution is 2.16. The van der Waals surface area contributed by atoms with E-state index in [2.05, 4.69) is 44.9 Å². The Labute approximate surface area is 82.1 Å². The average Bonchev–Trinajstić information content (AvgIpc) is 1.98. The van der Waals surface area contributed by atoms with E-state index >= 15 is 0 Å². The zero-order valence-corrected chi connectivity index (χ0v) is 9.30. The second-order valence-electron chi connectivity index (χ2n) is 4.38. The molecule has 1 nitrogen and oxygen atoms in total. The molecule has 0 spiro atoms. The van der Waals surface area contributed by atoms with Crippen LogP contribution in [0, 0.1) is 5.92 Å². The van der Waals surface area contributed by atoms with E-state index in [4.69, 9.17) is 0 Å². The van der Waals surface area contributed by atoms with Crippen LogP contribution in [0.1, 0.15) is 27.2 Å². The summed E-state index contributed by atoms with van der Waals surface area (Å²) in [5.41, 5.74) is 2.98. The van der Waals surface area contributed by atoms with Gasteiger partial charge in [0.05, 0.1) is 0 Å². The van der Waals surface area contributed by atoms with Crippen molar-refractivity contribution >= 4 is 0 Å². The van der Waals surface area contributed by atoms with Crippen LogP contribution >= 0.6 is 0 Å². The lowest BCUT2D eigenvalue weighted by Gasteiger charge is -2.20. The minimum absolute atomic E-state index is 0.665. The number of rotatable bonds is 1. The van der Waals surface area contributed by atoms with Gasteiger partial charge in [0.1, 0.15) is 0 Å². The van der Waals surface area contributed by atoms with Crippen LogP contribution in [0.2, 0.25) is 0 Å². The molecule has 0 atom stereocenters. The highest BCUT2D eigenvalue weighted by atomic mass is 15.1. The van der Waals surface area contributed by atoms with E-state index in [1.807, 2.05) is 0 Å². The van der Waals surface area contributed by atoms with E-state index in [1.54, 1.807) is 0 Å². The van der Waals surface area contributed by atoms with Crippen molar-refractivity contribution in [3.8, 4) is 0 Å². The third-order valence-electron chi connectivity index (χ3n) is 2.49. The minimum atomic E-state index is 0.665. The molecule has 0 aliphatic carbocycles. The van der Waals surface area contributed by atoms with Crippen molar-refractivity contribution < 1.29 is 0 Å². The summed E-state index contributed by atoms with van der Waals surface area (Å²) in [6.45, 7) is 9.05. The summed E-state index contributed by atoms with van der Waals surface area (Å²) in [4.78, 5) is 2.37. The van der Waals surface area contributed by atoms with Gasteiger partial charge < -0.3 is 4.90 Å². The van der Waals surface area contributed by atoms with Crippen LogP contribution in [0.15, 0.2) is 23.3 Å². The maximum atomic E-state index is 2.38. The molecule has 0 fully saturated rings. The Hall–Kier alpha value is -0.560. The smallest absolute Gasteiger partial charge is 0.0190 e. The maximum Gasteiger partial charge on any atom is 0.0190 e. The summed E-state index contributed by atoms with van der Waals surface area (Å²) in [5, 5.41) is 0. The van der Waals surface area contributed by atoms with Crippen LogP contribution in [-0.4, -0.2) is 25.0 Å². The molecule has 1 aliphatic rings. The molecule has 0 unspecified atom stereocenters. The van der Waals surface area contributed by atoms with Crippen LogP contribution < -0.4 is 0 Å². The van der Waals surface area contributed by atoms with Crippen molar-refractivity contribution in [2.45, 2.75) is 27.2 Å². The third-order valence-corrected chi connectivity index (χ3v) is 2.49. The molecular formula is C12H21N. The van der Waals surface area contributed by atoms with Crippen molar-refractivity contribution in [1.29, 1.82) is 0 Å².